The molecule has 152 valence electrons. The molecule has 0 amide bonds. The summed E-state index contributed by atoms with van der Waals surface area (Å²) in [5.74, 6) is -1.03. The van der Waals surface area contributed by atoms with Crippen molar-refractivity contribution in [3.8, 4) is 11.5 Å². The Morgan fingerprint density at radius 2 is 1.34 bits per heavy atom. The molecule has 29 heavy (non-hydrogen) atoms. The Morgan fingerprint density at radius 3 is 1.90 bits per heavy atom. The van der Waals surface area contributed by atoms with Crippen LogP contribution in [0.3, 0.4) is 0 Å². The third-order valence-corrected chi connectivity index (χ3v) is 7.29. The molecule has 1 atom stereocenters. The molecule has 0 saturated heterocycles. The topological polar surface area (TPSA) is 94.8 Å². The van der Waals surface area contributed by atoms with E-state index in [9.17, 15) is 23.2 Å². The fourth-order valence-corrected chi connectivity index (χ4v) is 5.99. The Morgan fingerprint density at radius 1 is 0.724 bits per heavy atom. The van der Waals surface area contributed by atoms with Gasteiger partial charge in [-0.15, -0.1) is 0 Å². The SMILES string of the molecule is O=S(=O)(O)C(c1ccccc1)(c1c(O)cccc1Cl)c1c(Cl)cc(O)c(Cl)c1Cl. The largest absolute Gasteiger partial charge is 0.508 e. The van der Waals surface area contributed by atoms with E-state index in [0.29, 0.717) is 0 Å². The Kier molecular flexibility index (Phi) is 5.98. The highest BCUT2D eigenvalue weighted by molar-refractivity contribution is 7.87. The predicted molar refractivity (Wildman–Crippen MR) is 114 cm³/mol. The van der Waals surface area contributed by atoms with Crippen molar-refractivity contribution in [2.75, 3.05) is 0 Å². The fourth-order valence-electron chi connectivity index (χ4n) is 3.26. The first-order valence-electron chi connectivity index (χ1n) is 7.91. The van der Waals surface area contributed by atoms with Crippen LogP contribution in [0.2, 0.25) is 20.1 Å². The van der Waals surface area contributed by atoms with Crippen LogP contribution in [0, 0.1) is 0 Å². The first-order chi connectivity index (χ1) is 13.5. The number of aromatic hydroxyl groups is 2. The average molecular weight is 494 g/mol. The second-order valence-corrected chi connectivity index (χ2v) is 9.17. The van der Waals surface area contributed by atoms with Crippen LogP contribution in [0.15, 0.2) is 54.6 Å². The maximum Gasteiger partial charge on any atom is 0.283 e. The zero-order chi connectivity index (χ0) is 21.6. The third-order valence-electron chi connectivity index (χ3n) is 4.40. The van der Waals surface area contributed by atoms with Crippen molar-refractivity contribution in [2.24, 2.45) is 0 Å². The van der Waals surface area contributed by atoms with Gasteiger partial charge in [-0.1, -0.05) is 82.8 Å². The molecule has 0 aliphatic heterocycles. The van der Waals surface area contributed by atoms with Gasteiger partial charge in [0.25, 0.3) is 10.1 Å². The van der Waals surface area contributed by atoms with E-state index in [-0.39, 0.29) is 31.8 Å². The number of phenols is 2. The molecule has 0 aromatic heterocycles. The molecule has 10 heteroatoms. The molecule has 0 heterocycles. The molecule has 0 radical (unpaired) electrons. The van der Waals surface area contributed by atoms with Crippen molar-refractivity contribution in [1.82, 2.24) is 0 Å². The smallest absolute Gasteiger partial charge is 0.283 e. The monoisotopic (exact) mass is 492 g/mol. The summed E-state index contributed by atoms with van der Waals surface area (Å²) in [6, 6.07) is 12.4. The first kappa shape index (κ1) is 22.0. The lowest BCUT2D eigenvalue weighted by Crippen LogP contribution is -2.39. The third kappa shape index (κ3) is 3.44. The maximum atomic E-state index is 13.0. The molecule has 1 unspecified atom stereocenters. The molecule has 0 aliphatic rings. The van der Waals surface area contributed by atoms with Gasteiger partial charge >= 0.3 is 0 Å². The quantitative estimate of drug-likeness (QED) is 0.239. The molecule has 0 saturated carbocycles. The van der Waals surface area contributed by atoms with E-state index in [1.54, 1.807) is 6.07 Å². The molecule has 5 nitrogen and oxygen atoms in total. The summed E-state index contributed by atoms with van der Waals surface area (Å²) in [5, 5.41) is 19.2. The summed E-state index contributed by atoms with van der Waals surface area (Å²) in [5.41, 5.74) is -0.766. The minimum Gasteiger partial charge on any atom is -0.508 e. The average Bonchev–Trinajstić information content (AvgIpc) is 2.64. The van der Waals surface area contributed by atoms with Crippen LogP contribution in [-0.2, 0) is 14.9 Å². The maximum absolute atomic E-state index is 13.0. The predicted octanol–water partition coefficient (Wildman–Crippen LogP) is 5.89. The highest BCUT2D eigenvalue weighted by Crippen LogP contribution is 2.55. The van der Waals surface area contributed by atoms with Crippen LogP contribution in [0.5, 0.6) is 11.5 Å². The van der Waals surface area contributed by atoms with Gasteiger partial charge in [0.1, 0.15) is 16.5 Å². The van der Waals surface area contributed by atoms with Crippen molar-refractivity contribution < 1.29 is 23.2 Å². The van der Waals surface area contributed by atoms with Crippen LogP contribution >= 0.6 is 46.4 Å². The molecule has 0 aliphatic carbocycles. The van der Waals surface area contributed by atoms with Gasteiger partial charge in [-0.3, -0.25) is 4.55 Å². The summed E-state index contributed by atoms with van der Waals surface area (Å²) < 4.78 is 34.0. The van der Waals surface area contributed by atoms with E-state index < -0.39 is 31.4 Å². The molecule has 0 spiro atoms. The Hall–Kier alpha value is -1.67. The zero-order valence-corrected chi connectivity index (χ0v) is 18.1. The summed E-state index contributed by atoms with van der Waals surface area (Å²) >= 11 is 25.0. The minimum absolute atomic E-state index is 0.0172. The zero-order valence-electron chi connectivity index (χ0n) is 14.3. The molecule has 3 rings (SSSR count). The molecular weight excluding hydrogens is 482 g/mol. The van der Waals surface area contributed by atoms with E-state index in [1.165, 1.54) is 42.5 Å². The van der Waals surface area contributed by atoms with Gasteiger partial charge in [-0.25, -0.2) is 0 Å². The van der Waals surface area contributed by atoms with Crippen LogP contribution in [0.1, 0.15) is 16.7 Å². The highest BCUT2D eigenvalue weighted by atomic mass is 35.5. The Balaban J connectivity index is 2.70. The van der Waals surface area contributed by atoms with Gasteiger partial charge in [0.15, 0.2) is 4.75 Å². The Labute approximate surface area is 186 Å². The van der Waals surface area contributed by atoms with E-state index in [4.69, 9.17) is 46.4 Å². The first-order valence-corrected chi connectivity index (χ1v) is 10.9. The Bertz CT molecular complexity index is 1180. The van der Waals surface area contributed by atoms with Crippen LogP contribution < -0.4 is 0 Å². The molecule has 3 aromatic rings. The molecule has 3 N–H and O–H groups in total. The second-order valence-electron chi connectivity index (χ2n) is 6.04. The molecule has 0 fully saturated rings. The summed E-state index contributed by atoms with van der Waals surface area (Å²) in [6.45, 7) is 0. The standard InChI is InChI=1S/C19H12Cl4O5S/c20-11-7-4-8-13(24)15(11)19(29(26,27)28,10-5-2-1-3-6-10)16-12(21)9-14(25)17(22)18(16)23/h1-9,24-25H,(H,26,27,28). The number of benzene rings is 3. The van der Waals surface area contributed by atoms with Crippen molar-refractivity contribution in [1.29, 1.82) is 0 Å². The van der Waals surface area contributed by atoms with Gasteiger partial charge in [0.05, 0.1) is 10.0 Å². The lowest BCUT2D eigenvalue weighted by atomic mass is 9.83. The molecule has 3 aromatic carbocycles. The van der Waals surface area contributed by atoms with Crippen molar-refractivity contribution in [3.63, 3.8) is 0 Å². The minimum atomic E-state index is -5.16. The van der Waals surface area contributed by atoms with Gasteiger partial charge in [-0.05, 0) is 17.7 Å². The van der Waals surface area contributed by atoms with Gasteiger partial charge in [0, 0.05) is 22.2 Å². The van der Waals surface area contributed by atoms with Crippen molar-refractivity contribution in [2.45, 2.75) is 4.75 Å². The van der Waals surface area contributed by atoms with E-state index in [0.717, 1.165) is 6.07 Å². The van der Waals surface area contributed by atoms with E-state index in [2.05, 4.69) is 0 Å². The molecular formula is C19H12Cl4O5S. The number of rotatable bonds is 4. The van der Waals surface area contributed by atoms with E-state index >= 15 is 0 Å². The second kappa shape index (κ2) is 7.87. The summed E-state index contributed by atoms with van der Waals surface area (Å²) in [6.07, 6.45) is 0. The summed E-state index contributed by atoms with van der Waals surface area (Å²) in [4.78, 5) is 0. The number of hydrogen-bond donors (Lipinski definition) is 3. The van der Waals surface area contributed by atoms with Gasteiger partial charge < -0.3 is 10.2 Å². The fraction of sp³-hybridized carbons (Fsp3) is 0.0526. The number of phenolic OH excluding ortho intramolecular Hbond substituents is 2. The van der Waals surface area contributed by atoms with Crippen LogP contribution in [0.4, 0.5) is 0 Å². The van der Waals surface area contributed by atoms with Crippen molar-refractivity contribution >= 4 is 56.5 Å². The number of hydrogen-bond acceptors (Lipinski definition) is 4. The lowest BCUT2D eigenvalue weighted by Gasteiger charge is -2.35. The summed E-state index contributed by atoms with van der Waals surface area (Å²) in [7, 11) is -5.16. The van der Waals surface area contributed by atoms with Crippen LogP contribution in [-0.4, -0.2) is 23.2 Å². The number of halogens is 4. The lowest BCUT2D eigenvalue weighted by molar-refractivity contribution is 0.440. The van der Waals surface area contributed by atoms with Gasteiger partial charge in [0.2, 0.25) is 0 Å². The van der Waals surface area contributed by atoms with Crippen LogP contribution in [0.25, 0.3) is 0 Å². The van der Waals surface area contributed by atoms with E-state index in [1.807, 2.05) is 0 Å². The van der Waals surface area contributed by atoms with Crippen molar-refractivity contribution in [3.05, 3.63) is 91.4 Å². The molecule has 0 bridgehead atoms. The highest BCUT2D eigenvalue weighted by Gasteiger charge is 2.54. The normalized spacial score (nSPS) is 13.8. The van der Waals surface area contributed by atoms with Gasteiger partial charge in [-0.2, -0.15) is 8.42 Å².